The second kappa shape index (κ2) is 4.24. The molecular weight excluding hydrogens is 210 g/mol. The molecule has 0 amide bonds. The average molecular weight is 227 g/mol. The van der Waals surface area contributed by atoms with Gasteiger partial charge in [-0.2, -0.15) is 0 Å². The van der Waals surface area contributed by atoms with E-state index in [-0.39, 0.29) is 0 Å². The largest absolute Gasteiger partial charge is 0.398 e. The molecule has 1 aromatic carbocycles. The summed E-state index contributed by atoms with van der Waals surface area (Å²) in [5, 5.41) is 5.75. The summed E-state index contributed by atoms with van der Waals surface area (Å²) < 4.78 is 0. The van der Waals surface area contributed by atoms with E-state index in [4.69, 9.17) is 5.73 Å². The first-order valence-corrected chi connectivity index (χ1v) is 6.24. The predicted molar refractivity (Wildman–Crippen MR) is 72.0 cm³/mol. The van der Waals surface area contributed by atoms with Gasteiger partial charge in [0.25, 0.3) is 0 Å². The van der Waals surface area contributed by atoms with Crippen LogP contribution in [0.25, 0.3) is 10.8 Å². The fraction of sp³-hybridized carbons (Fsp3) is 0.357. The van der Waals surface area contributed by atoms with Crippen LogP contribution in [0.5, 0.6) is 0 Å². The first kappa shape index (κ1) is 10.4. The van der Waals surface area contributed by atoms with Gasteiger partial charge in [-0.15, -0.1) is 0 Å². The normalized spacial score (nSPS) is 16.5. The number of anilines is 2. The highest BCUT2D eigenvalue weighted by Crippen LogP contribution is 2.28. The number of nitrogens with zero attached hydrogens (tertiary/aromatic N) is 1. The van der Waals surface area contributed by atoms with E-state index in [1.54, 1.807) is 0 Å². The molecule has 0 aliphatic heterocycles. The third-order valence-electron chi connectivity index (χ3n) is 3.54. The number of pyridine rings is 1. The molecule has 88 valence electrons. The lowest BCUT2D eigenvalue weighted by molar-refractivity contribution is 0.752. The molecule has 2 aromatic rings. The summed E-state index contributed by atoms with van der Waals surface area (Å²) in [6.45, 7) is 0. The van der Waals surface area contributed by atoms with Crippen molar-refractivity contribution in [1.82, 2.24) is 4.98 Å². The number of fused-ring (bicyclic) bond motifs is 1. The highest BCUT2D eigenvalue weighted by molar-refractivity contribution is 5.99. The Labute approximate surface area is 101 Å². The molecule has 3 heteroatoms. The van der Waals surface area contributed by atoms with Gasteiger partial charge in [0.15, 0.2) is 0 Å². The van der Waals surface area contributed by atoms with Crippen molar-refractivity contribution in [3.05, 3.63) is 30.5 Å². The van der Waals surface area contributed by atoms with Crippen LogP contribution in [0.4, 0.5) is 11.5 Å². The maximum atomic E-state index is 5.98. The summed E-state index contributed by atoms with van der Waals surface area (Å²) in [6.07, 6.45) is 6.98. The molecule has 3 nitrogen and oxygen atoms in total. The summed E-state index contributed by atoms with van der Waals surface area (Å²) in [7, 11) is 0. The molecule has 17 heavy (non-hydrogen) atoms. The standard InChI is InChI=1S/C14H17N3/c15-13-7-3-6-12-11(13)8-9-16-14(12)17-10-4-1-2-5-10/h3,6-10H,1-2,4-5,15H2,(H,16,17). The maximum Gasteiger partial charge on any atom is 0.134 e. The van der Waals surface area contributed by atoms with Gasteiger partial charge in [0.1, 0.15) is 5.82 Å². The molecule has 0 saturated heterocycles. The summed E-state index contributed by atoms with van der Waals surface area (Å²) in [5.74, 6) is 0.974. The Bertz CT molecular complexity index is 530. The second-order valence-corrected chi connectivity index (χ2v) is 4.73. The zero-order valence-corrected chi connectivity index (χ0v) is 9.82. The Morgan fingerprint density at radius 2 is 1.94 bits per heavy atom. The van der Waals surface area contributed by atoms with E-state index < -0.39 is 0 Å². The fourth-order valence-electron chi connectivity index (χ4n) is 2.61. The van der Waals surface area contributed by atoms with Gasteiger partial charge in [-0.1, -0.05) is 25.0 Å². The van der Waals surface area contributed by atoms with Gasteiger partial charge in [-0.3, -0.25) is 0 Å². The van der Waals surface area contributed by atoms with Crippen LogP contribution in [0.3, 0.4) is 0 Å². The lowest BCUT2D eigenvalue weighted by Gasteiger charge is -2.14. The number of nitrogens with two attached hydrogens (primary N) is 1. The van der Waals surface area contributed by atoms with Crippen LogP contribution in [0, 0.1) is 0 Å². The molecule has 0 radical (unpaired) electrons. The topological polar surface area (TPSA) is 50.9 Å². The third-order valence-corrected chi connectivity index (χ3v) is 3.54. The molecule has 1 fully saturated rings. The minimum absolute atomic E-state index is 0.578. The van der Waals surface area contributed by atoms with Crippen LogP contribution in [0.1, 0.15) is 25.7 Å². The SMILES string of the molecule is Nc1cccc2c(NC3CCCC3)nccc12. The highest BCUT2D eigenvalue weighted by atomic mass is 15.0. The molecule has 0 bridgehead atoms. The van der Waals surface area contributed by atoms with E-state index >= 15 is 0 Å². The van der Waals surface area contributed by atoms with Crippen LogP contribution >= 0.6 is 0 Å². The number of rotatable bonds is 2. The van der Waals surface area contributed by atoms with Crippen molar-refractivity contribution >= 4 is 22.3 Å². The smallest absolute Gasteiger partial charge is 0.134 e. The Morgan fingerprint density at radius 3 is 2.76 bits per heavy atom. The Morgan fingerprint density at radius 1 is 1.12 bits per heavy atom. The molecule has 1 aliphatic carbocycles. The average Bonchev–Trinajstić information content (AvgIpc) is 2.83. The number of nitrogens with one attached hydrogen (secondary N) is 1. The van der Waals surface area contributed by atoms with Gasteiger partial charge in [-0.05, 0) is 25.0 Å². The summed E-state index contributed by atoms with van der Waals surface area (Å²) >= 11 is 0. The summed E-state index contributed by atoms with van der Waals surface area (Å²) in [4.78, 5) is 4.44. The van der Waals surface area contributed by atoms with E-state index in [1.807, 2.05) is 24.4 Å². The molecule has 1 saturated carbocycles. The Balaban J connectivity index is 2.01. The van der Waals surface area contributed by atoms with Gasteiger partial charge < -0.3 is 11.1 Å². The monoisotopic (exact) mass is 227 g/mol. The van der Waals surface area contributed by atoms with Crippen molar-refractivity contribution in [3.8, 4) is 0 Å². The van der Waals surface area contributed by atoms with Crippen molar-refractivity contribution in [1.29, 1.82) is 0 Å². The van der Waals surface area contributed by atoms with E-state index in [0.29, 0.717) is 6.04 Å². The number of aromatic nitrogens is 1. The molecule has 3 N–H and O–H groups in total. The first-order valence-electron chi connectivity index (χ1n) is 6.24. The van der Waals surface area contributed by atoms with Gasteiger partial charge in [0.05, 0.1) is 0 Å². The Hall–Kier alpha value is -1.77. The quantitative estimate of drug-likeness (QED) is 0.775. The molecule has 0 atom stereocenters. The molecule has 1 aliphatic rings. The van der Waals surface area contributed by atoms with Crippen molar-refractivity contribution in [2.45, 2.75) is 31.7 Å². The highest BCUT2D eigenvalue weighted by Gasteiger charge is 2.16. The second-order valence-electron chi connectivity index (χ2n) is 4.73. The predicted octanol–water partition coefficient (Wildman–Crippen LogP) is 3.17. The van der Waals surface area contributed by atoms with Crippen molar-refractivity contribution in [2.24, 2.45) is 0 Å². The zero-order chi connectivity index (χ0) is 11.7. The maximum absolute atomic E-state index is 5.98. The summed E-state index contributed by atoms with van der Waals surface area (Å²) in [5.41, 5.74) is 6.80. The third kappa shape index (κ3) is 1.93. The molecule has 0 spiro atoms. The minimum Gasteiger partial charge on any atom is -0.398 e. The number of benzene rings is 1. The van der Waals surface area contributed by atoms with E-state index in [9.17, 15) is 0 Å². The Kier molecular flexibility index (Phi) is 2.59. The minimum atomic E-state index is 0.578. The molecular formula is C14H17N3. The van der Waals surface area contributed by atoms with Gasteiger partial charge in [0, 0.05) is 28.7 Å². The van der Waals surface area contributed by atoms with Crippen LogP contribution in [-0.2, 0) is 0 Å². The van der Waals surface area contributed by atoms with E-state index in [0.717, 1.165) is 22.3 Å². The van der Waals surface area contributed by atoms with Crippen molar-refractivity contribution in [2.75, 3.05) is 11.1 Å². The van der Waals surface area contributed by atoms with Crippen LogP contribution in [-0.4, -0.2) is 11.0 Å². The van der Waals surface area contributed by atoms with Crippen molar-refractivity contribution < 1.29 is 0 Å². The fourth-order valence-corrected chi connectivity index (χ4v) is 2.61. The van der Waals surface area contributed by atoms with Gasteiger partial charge >= 0.3 is 0 Å². The van der Waals surface area contributed by atoms with Gasteiger partial charge in [0.2, 0.25) is 0 Å². The van der Waals surface area contributed by atoms with Crippen LogP contribution in [0.2, 0.25) is 0 Å². The number of hydrogen-bond donors (Lipinski definition) is 2. The van der Waals surface area contributed by atoms with Crippen LogP contribution < -0.4 is 11.1 Å². The molecule has 0 unspecified atom stereocenters. The lowest BCUT2D eigenvalue weighted by Crippen LogP contribution is -2.15. The van der Waals surface area contributed by atoms with Crippen LogP contribution in [0.15, 0.2) is 30.5 Å². The zero-order valence-electron chi connectivity index (χ0n) is 9.82. The number of nitrogen functional groups attached to an aromatic ring is 1. The molecule has 3 rings (SSSR count). The first-order chi connectivity index (χ1) is 8.34. The van der Waals surface area contributed by atoms with E-state index in [2.05, 4.69) is 16.4 Å². The van der Waals surface area contributed by atoms with Gasteiger partial charge in [-0.25, -0.2) is 4.98 Å². The van der Waals surface area contributed by atoms with Crippen molar-refractivity contribution in [3.63, 3.8) is 0 Å². The van der Waals surface area contributed by atoms with E-state index in [1.165, 1.54) is 25.7 Å². The number of hydrogen-bond acceptors (Lipinski definition) is 3. The summed E-state index contributed by atoms with van der Waals surface area (Å²) in [6, 6.07) is 8.55. The molecule has 1 heterocycles. The molecule has 1 aromatic heterocycles. The lowest BCUT2D eigenvalue weighted by atomic mass is 10.1.